The summed E-state index contributed by atoms with van der Waals surface area (Å²) in [5.41, 5.74) is 2.43. The number of aryl methyl sites for hydroxylation is 1. The van der Waals surface area contributed by atoms with Crippen molar-refractivity contribution < 1.29 is 9.59 Å². The Morgan fingerprint density at radius 2 is 1.96 bits per heavy atom. The van der Waals surface area contributed by atoms with Crippen LogP contribution in [0, 0.1) is 6.92 Å². The molecule has 2 saturated heterocycles. The second-order valence-electron chi connectivity index (χ2n) is 7.36. The summed E-state index contributed by atoms with van der Waals surface area (Å²) in [5.74, 6) is 0.119. The van der Waals surface area contributed by atoms with Gasteiger partial charge in [0.2, 0.25) is 5.91 Å². The Hall–Kier alpha value is -1.88. The Kier molecular flexibility index (Phi) is 5.74. The number of carbonyl (C=O) groups excluding carboxylic acids is 2. The Labute approximate surface area is 150 Å². The standard InChI is InChI=1S/C20H29N3O2/c1-14-13-16(20(25)23-12-6-4-7-15(23)2)9-10-17(14)22-19(24)18-8-3-5-11-21-18/h9-10,13,15,18,21H,3-8,11-12H2,1-2H3,(H,22,24). The molecule has 1 aromatic rings. The zero-order chi connectivity index (χ0) is 17.8. The van der Waals surface area contributed by atoms with Crippen LogP contribution in [0.5, 0.6) is 0 Å². The quantitative estimate of drug-likeness (QED) is 0.886. The second-order valence-corrected chi connectivity index (χ2v) is 7.36. The van der Waals surface area contributed by atoms with E-state index in [1.165, 1.54) is 6.42 Å². The average Bonchev–Trinajstić information content (AvgIpc) is 2.64. The highest BCUT2D eigenvalue weighted by molar-refractivity contribution is 5.98. The van der Waals surface area contributed by atoms with E-state index in [-0.39, 0.29) is 17.9 Å². The van der Waals surface area contributed by atoms with Crippen LogP contribution in [-0.4, -0.2) is 41.9 Å². The van der Waals surface area contributed by atoms with E-state index in [4.69, 9.17) is 0 Å². The molecule has 3 rings (SSSR count). The molecule has 0 bridgehead atoms. The number of hydrogen-bond donors (Lipinski definition) is 2. The summed E-state index contributed by atoms with van der Waals surface area (Å²) in [6.07, 6.45) is 6.46. The lowest BCUT2D eigenvalue weighted by Gasteiger charge is -2.33. The van der Waals surface area contributed by atoms with E-state index >= 15 is 0 Å². The molecule has 2 fully saturated rings. The maximum atomic E-state index is 12.8. The van der Waals surface area contributed by atoms with Gasteiger partial charge in [0, 0.05) is 23.8 Å². The van der Waals surface area contributed by atoms with E-state index in [0.29, 0.717) is 11.6 Å². The first-order valence-corrected chi connectivity index (χ1v) is 9.52. The van der Waals surface area contributed by atoms with Gasteiger partial charge < -0.3 is 15.5 Å². The number of nitrogens with zero attached hydrogens (tertiary/aromatic N) is 1. The van der Waals surface area contributed by atoms with Crippen LogP contribution in [0.2, 0.25) is 0 Å². The smallest absolute Gasteiger partial charge is 0.254 e. The molecule has 2 unspecified atom stereocenters. The number of piperidine rings is 2. The number of amides is 2. The molecule has 2 N–H and O–H groups in total. The van der Waals surface area contributed by atoms with Gasteiger partial charge in [-0.25, -0.2) is 0 Å². The fraction of sp³-hybridized carbons (Fsp3) is 0.600. The number of anilines is 1. The Balaban J connectivity index is 1.67. The third kappa shape index (κ3) is 4.21. The molecule has 2 atom stereocenters. The summed E-state index contributed by atoms with van der Waals surface area (Å²) in [6.45, 7) is 5.80. The lowest BCUT2D eigenvalue weighted by atomic mass is 10.0. The molecule has 1 aromatic carbocycles. The highest BCUT2D eigenvalue weighted by atomic mass is 16.2. The molecule has 2 aliphatic rings. The van der Waals surface area contributed by atoms with Gasteiger partial charge in [0.15, 0.2) is 0 Å². The zero-order valence-electron chi connectivity index (χ0n) is 15.3. The van der Waals surface area contributed by atoms with E-state index < -0.39 is 0 Å². The molecule has 0 aliphatic carbocycles. The lowest BCUT2D eigenvalue weighted by Crippen LogP contribution is -2.43. The minimum absolute atomic E-state index is 0.0199. The van der Waals surface area contributed by atoms with Gasteiger partial charge in [-0.2, -0.15) is 0 Å². The molecule has 0 radical (unpaired) electrons. The zero-order valence-corrected chi connectivity index (χ0v) is 15.3. The third-order valence-corrected chi connectivity index (χ3v) is 5.42. The molecule has 25 heavy (non-hydrogen) atoms. The Morgan fingerprint density at radius 1 is 1.16 bits per heavy atom. The monoisotopic (exact) mass is 343 g/mol. The molecule has 2 heterocycles. The van der Waals surface area contributed by atoms with Gasteiger partial charge in [0.05, 0.1) is 6.04 Å². The van der Waals surface area contributed by atoms with Crippen LogP contribution >= 0.6 is 0 Å². The first-order chi connectivity index (χ1) is 12.1. The molecule has 136 valence electrons. The van der Waals surface area contributed by atoms with Crippen molar-refractivity contribution in [1.29, 1.82) is 0 Å². The van der Waals surface area contributed by atoms with Gasteiger partial charge in [0.1, 0.15) is 0 Å². The SMILES string of the molecule is Cc1cc(C(=O)N2CCCCC2C)ccc1NC(=O)C1CCCCN1. The first-order valence-electron chi connectivity index (χ1n) is 9.52. The molecular weight excluding hydrogens is 314 g/mol. The summed E-state index contributed by atoms with van der Waals surface area (Å²) < 4.78 is 0. The summed E-state index contributed by atoms with van der Waals surface area (Å²) in [4.78, 5) is 27.1. The van der Waals surface area contributed by atoms with Gasteiger partial charge >= 0.3 is 0 Å². The topological polar surface area (TPSA) is 61.4 Å². The minimum Gasteiger partial charge on any atom is -0.336 e. The maximum Gasteiger partial charge on any atom is 0.254 e. The van der Waals surface area contributed by atoms with Gasteiger partial charge in [-0.05, 0) is 76.3 Å². The molecule has 2 aliphatic heterocycles. The van der Waals surface area contributed by atoms with Gasteiger partial charge in [-0.15, -0.1) is 0 Å². The highest BCUT2D eigenvalue weighted by Crippen LogP contribution is 2.22. The number of rotatable bonds is 3. The maximum absolute atomic E-state index is 12.8. The van der Waals surface area contributed by atoms with Crippen LogP contribution in [0.1, 0.15) is 61.4 Å². The fourth-order valence-corrected chi connectivity index (χ4v) is 3.80. The van der Waals surface area contributed by atoms with E-state index in [2.05, 4.69) is 17.6 Å². The van der Waals surface area contributed by atoms with Crippen LogP contribution in [0.4, 0.5) is 5.69 Å². The Bertz CT molecular complexity index is 638. The fourth-order valence-electron chi connectivity index (χ4n) is 3.80. The summed E-state index contributed by atoms with van der Waals surface area (Å²) >= 11 is 0. The lowest BCUT2D eigenvalue weighted by molar-refractivity contribution is -0.118. The van der Waals surface area contributed by atoms with Gasteiger partial charge in [0.25, 0.3) is 5.91 Å². The molecular formula is C20H29N3O2. The average molecular weight is 343 g/mol. The number of carbonyl (C=O) groups is 2. The summed E-state index contributed by atoms with van der Waals surface area (Å²) in [6, 6.07) is 5.79. The molecule has 2 amide bonds. The van der Waals surface area contributed by atoms with Crippen molar-refractivity contribution in [2.75, 3.05) is 18.4 Å². The second kappa shape index (κ2) is 8.00. The van der Waals surface area contributed by atoms with Crippen molar-refractivity contribution in [3.63, 3.8) is 0 Å². The van der Waals surface area contributed by atoms with Crippen LogP contribution in [0.25, 0.3) is 0 Å². The number of benzene rings is 1. The number of likely N-dealkylation sites (tertiary alicyclic amines) is 1. The van der Waals surface area contributed by atoms with E-state index in [1.54, 1.807) is 0 Å². The molecule has 0 spiro atoms. The number of nitrogens with one attached hydrogen (secondary N) is 2. The largest absolute Gasteiger partial charge is 0.336 e. The normalized spacial score (nSPS) is 24.0. The number of hydrogen-bond acceptors (Lipinski definition) is 3. The van der Waals surface area contributed by atoms with Crippen molar-refractivity contribution in [1.82, 2.24) is 10.2 Å². The van der Waals surface area contributed by atoms with E-state index in [0.717, 1.165) is 56.4 Å². The van der Waals surface area contributed by atoms with Crippen LogP contribution in [0.3, 0.4) is 0 Å². The van der Waals surface area contributed by atoms with Crippen molar-refractivity contribution >= 4 is 17.5 Å². The van der Waals surface area contributed by atoms with Crippen molar-refractivity contribution in [3.8, 4) is 0 Å². The Morgan fingerprint density at radius 3 is 2.64 bits per heavy atom. The summed E-state index contributed by atoms with van der Waals surface area (Å²) in [5, 5.41) is 6.27. The van der Waals surface area contributed by atoms with Crippen LogP contribution < -0.4 is 10.6 Å². The first kappa shape index (κ1) is 17.9. The summed E-state index contributed by atoms with van der Waals surface area (Å²) in [7, 11) is 0. The molecule has 5 heteroatoms. The van der Waals surface area contributed by atoms with Crippen molar-refractivity contribution in [2.45, 2.75) is 64.5 Å². The van der Waals surface area contributed by atoms with Crippen molar-refractivity contribution in [3.05, 3.63) is 29.3 Å². The van der Waals surface area contributed by atoms with Gasteiger partial charge in [-0.1, -0.05) is 6.42 Å². The van der Waals surface area contributed by atoms with Crippen LogP contribution in [-0.2, 0) is 4.79 Å². The highest BCUT2D eigenvalue weighted by Gasteiger charge is 2.25. The molecule has 0 saturated carbocycles. The van der Waals surface area contributed by atoms with Gasteiger partial charge in [-0.3, -0.25) is 9.59 Å². The molecule has 0 aromatic heterocycles. The molecule has 5 nitrogen and oxygen atoms in total. The van der Waals surface area contributed by atoms with E-state index in [9.17, 15) is 9.59 Å². The van der Waals surface area contributed by atoms with E-state index in [1.807, 2.05) is 30.0 Å². The van der Waals surface area contributed by atoms with Crippen LogP contribution in [0.15, 0.2) is 18.2 Å². The third-order valence-electron chi connectivity index (χ3n) is 5.42. The predicted molar refractivity (Wildman–Crippen MR) is 99.8 cm³/mol. The minimum atomic E-state index is -0.108. The predicted octanol–water partition coefficient (Wildman–Crippen LogP) is 3.09. The van der Waals surface area contributed by atoms with Crippen molar-refractivity contribution in [2.24, 2.45) is 0 Å².